The van der Waals surface area contributed by atoms with Crippen molar-refractivity contribution in [2.24, 2.45) is 0 Å². The van der Waals surface area contributed by atoms with Crippen molar-refractivity contribution >= 4 is 38.8 Å². The number of thiophene rings is 1. The fourth-order valence-corrected chi connectivity index (χ4v) is 4.06. The smallest absolute Gasteiger partial charge is 0.270 e. The second kappa shape index (κ2) is 5.96. The number of anilines is 2. The van der Waals surface area contributed by atoms with Crippen molar-refractivity contribution in [3.63, 3.8) is 0 Å². The molecule has 0 aliphatic carbocycles. The van der Waals surface area contributed by atoms with Crippen LogP contribution in [0.4, 0.5) is 11.4 Å². The Balaban J connectivity index is 1.75. The minimum absolute atomic E-state index is 0.0726. The van der Waals surface area contributed by atoms with Gasteiger partial charge in [0, 0.05) is 35.9 Å². The van der Waals surface area contributed by atoms with Crippen molar-refractivity contribution in [3.8, 4) is 11.3 Å². The molecule has 1 amide bonds. The van der Waals surface area contributed by atoms with Gasteiger partial charge in [0.15, 0.2) is 0 Å². The van der Waals surface area contributed by atoms with E-state index in [2.05, 4.69) is 20.6 Å². The molecule has 1 aliphatic heterocycles. The lowest BCUT2D eigenvalue weighted by atomic mass is 10.1. The molecule has 0 saturated heterocycles. The number of para-hydroxylation sites is 1. The highest BCUT2D eigenvalue weighted by Gasteiger charge is 2.27. The van der Waals surface area contributed by atoms with Crippen LogP contribution in [0.25, 0.3) is 21.5 Å². The van der Waals surface area contributed by atoms with Gasteiger partial charge in [-0.1, -0.05) is 18.2 Å². The van der Waals surface area contributed by atoms with Gasteiger partial charge in [-0.3, -0.25) is 4.79 Å². The molecule has 0 bridgehead atoms. The topological polar surface area (TPSA) is 71.8 Å². The van der Waals surface area contributed by atoms with E-state index < -0.39 is 0 Å². The molecule has 4 aromatic rings. The van der Waals surface area contributed by atoms with Crippen LogP contribution in [0.5, 0.6) is 0 Å². The number of aromatic nitrogens is 3. The van der Waals surface area contributed by atoms with Crippen LogP contribution in [-0.2, 0) is 6.54 Å². The maximum Gasteiger partial charge on any atom is 0.270 e. The summed E-state index contributed by atoms with van der Waals surface area (Å²) in [5, 5.41) is 9.37. The third-order valence-electron chi connectivity index (χ3n) is 4.49. The van der Waals surface area contributed by atoms with Gasteiger partial charge in [-0.05, 0) is 23.6 Å². The lowest BCUT2D eigenvalue weighted by Gasteiger charge is -2.17. The molecule has 6 nitrogen and oxygen atoms in total. The maximum atomic E-state index is 12.6. The average Bonchev–Trinajstić information content (AvgIpc) is 3.28. The minimum atomic E-state index is -0.0726. The van der Waals surface area contributed by atoms with Gasteiger partial charge in [0.05, 0.1) is 11.4 Å². The first-order valence-corrected chi connectivity index (χ1v) is 9.21. The number of carbonyl (C=O) groups excluding carboxylic acids is 1. The van der Waals surface area contributed by atoms with E-state index in [4.69, 9.17) is 0 Å². The van der Waals surface area contributed by atoms with E-state index in [1.54, 1.807) is 17.7 Å². The summed E-state index contributed by atoms with van der Waals surface area (Å²) in [6.45, 7) is 1.37. The van der Waals surface area contributed by atoms with Crippen LogP contribution in [-0.4, -0.2) is 27.0 Å². The maximum absolute atomic E-state index is 12.6. The lowest BCUT2D eigenvalue weighted by molar-refractivity contribution is 0.0929. The number of hydrogen-bond donors (Lipinski definition) is 2. The molecule has 1 aliphatic rings. The van der Waals surface area contributed by atoms with Crippen molar-refractivity contribution in [2.75, 3.05) is 11.9 Å². The third-order valence-corrected chi connectivity index (χ3v) is 5.31. The zero-order chi connectivity index (χ0) is 17.5. The van der Waals surface area contributed by atoms with Crippen molar-refractivity contribution < 1.29 is 4.79 Å². The Bertz CT molecular complexity index is 1120. The van der Waals surface area contributed by atoms with Gasteiger partial charge in [-0.15, -0.1) is 11.3 Å². The quantitative estimate of drug-likeness (QED) is 0.584. The van der Waals surface area contributed by atoms with Crippen LogP contribution in [0.2, 0.25) is 0 Å². The van der Waals surface area contributed by atoms with Crippen LogP contribution >= 0.6 is 11.3 Å². The van der Waals surface area contributed by atoms with E-state index in [0.717, 1.165) is 39.4 Å². The van der Waals surface area contributed by atoms with E-state index in [-0.39, 0.29) is 5.91 Å². The molecule has 3 aromatic heterocycles. The van der Waals surface area contributed by atoms with E-state index in [9.17, 15) is 4.79 Å². The van der Waals surface area contributed by atoms with Crippen molar-refractivity contribution in [2.45, 2.75) is 6.54 Å². The first-order valence-electron chi connectivity index (χ1n) is 8.33. The van der Waals surface area contributed by atoms with Gasteiger partial charge >= 0.3 is 0 Å². The Labute approximate surface area is 153 Å². The van der Waals surface area contributed by atoms with Crippen LogP contribution in [0.3, 0.4) is 0 Å². The summed E-state index contributed by atoms with van der Waals surface area (Å²) in [4.78, 5) is 22.4. The number of rotatable bonds is 3. The number of amides is 1. The van der Waals surface area contributed by atoms with E-state index in [1.165, 1.54) is 0 Å². The van der Waals surface area contributed by atoms with E-state index in [0.29, 0.717) is 12.2 Å². The predicted octanol–water partition coefficient (Wildman–Crippen LogP) is 3.65. The zero-order valence-electron chi connectivity index (χ0n) is 13.8. The first kappa shape index (κ1) is 15.1. The first-order chi connectivity index (χ1) is 12.8. The Morgan fingerprint density at radius 2 is 2.04 bits per heavy atom. The number of carbonyl (C=O) groups is 1. The average molecular weight is 361 g/mol. The number of nitrogens with one attached hydrogen (secondary N) is 2. The number of fused-ring (bicyclic) bond motifs is 2. The van der Waals surface area contributed by atoms with Gasteiger partial charge in [0.25, 0.3) is 5.91 Å². The Morgan fingerprint density at radius 1 is 1.15 bits per heavy atom. The molecule has 2 N–H and O–H groups in total. The van der Waals surface area contributed by atoms with Crippen molar-refractivity contribution in [3.05, 3.63) is 60.0 Å². The second-order valence-corrected chi connectivity index (χ2v) is 6.96. The van der Waals surface area contributed by atoms with Crippen LogP contribution < -0.4 is 10.6 Å². The molecule has 1 aromatic carbocycles. The SMILES string of the molecule is O=C1NCCn2cc(-c3ncnc4sccc34)c(Nc3ccccc3)c21. The van der Waals surface area contributed by atoms with Gasteiger partial charge in [-0.2, -0.15) is 0 Å². The highest BCUT2D eigenvalue weighted by atomic mass is 32.1. The minimum Gasteiger partial charge on any atom is -0.353 e. The van der Waals surface area contributed by atoms with Gasteiger partial charge < -0.3 is 15.2 Å². The normalized spacial score (nSPS) is 13.5. The molecule has 0 saturated carbocycles. The molecule has 0 fully saturated rings. The summed E-state index contributed by atoms with van der Waals surface area (Å²) >= 11 is 1.58. The summed E-state index contributed by atoms with van der Waals surface area (Å²) in [6.07, 6.45) is 3.59. The number of hydrogen-bond acceptors (Lipinski definition) is 5. The fraction of sp³-hybridized carbons (Fsp3) is 0.105. The zero-order valence-corrected chi connectivity index (χ0v) is 14.6. The van der Waals surface area contributed by atoms with Gasteiger partial charge in [-0.25, -0.2) is 9.97 Å². The molecule has 7 heteroatoms. The summed E-state index contributed by atoms with van der Waals surface area (Å²) in [7, 11) is 0. The summed E-state index contributed by atoms with van der Waals surface area (Å²) < 4.78 is 2.00. The summed E-state index contributed by atoms with van der Waals surface area (Å²) in [5.41, 5.74) is 4.09. The highest BCUT2D eigenvalue weighted by Crippen LogP contribution is 2.38. The Hall–Kier alpha value is -3.19. The molecule has 4 heterocycles. The standard InChI is InChI=1S/C19H15N5OS/c25-18-17-16(23-12-4-2-1-3-5-12)14(10-24(17)8-7-20-18)15-13-6-9-26-19(13)22-11-21-15/h1-6,9-11,23H,7-8H2,(H,20,25). The third kappa shape index (κ3) is 2.36. The second-order valence-electron chi connectivity index (χ2n) is 6.07. The van der Waals surface area contributed by atoms with Gasteiger partial charge in [0.1, 0.15) is 16.9 Å². The molecule has 5 rings (SSSR count). The monoisotopic (exact) mass is 361 g/mol. The van der Waals surface area contributed by atoms with E-state index >= 15 is 0 Å². The number of nitrogens with zero attached hydrogens (tertiary/aromatic N) is 3. The molecule has 0 radical (unpaired) electrons. The Morgan fingerprint density at radius 3 is 2.92 bits per heavy atom. The Kier molecular flexibility index (Phi) is 3.46. The molecular weight excluding hydrogens is 346 g/mol. The van der Waals surface area contributed by atoms with Crippen LogP contribution in [0, 0.1) is 0 Å². The molecular formula is C19H15N5OS. The molecule has 128 valence electrons. The number of benzene rings is 1. The largest absolute Gasteiger partial charge is 0.353 e. The molecule has 0 unspecified atom stereocenters. The predicted molar refractivity (Wildman–Crippen MR) is 103 cm³/mol. The van der Waals surface area contributed by atoms with Crippen molar-refractivity contribution in [1.82, 2.24) is 19.9 Å². The van der Waals surface area contributed by atoms with Crippen molar-refractivity contribution in [1.29, 1.82) is 0 Å². The van der Waals surface area contributed by atoms with Crippen LogP contribution in [0.1, 0.15) is 10.5 Å². The summed E-state index contributed by atoms with van der Waals surface area (Å²) in [6, 6.07) is 11.9. The van der Waals surface area contributed by atoms with E-state index in [1.807, 2.05) is 52.5 Å². The molecule has 26 heavy (non-hydrogen) atoms. The molecule has 0 atom stereocenters. The van der Waals surface area contributed by atoms with Gasteiger partial charge in [0.2, 0.25) is 0 Å². The summed E-state index contributed by atoms with van der Waals surface area (Å²) in [5.74, 6) is -0.0726. The lowest BCUT2D eigenvalue weighted by Crippen LogP contribution is -2.35. The highest BCUT2D eigenvalue weighted by molar-refractivity contribution is 7.16. The fourth-order valence-electron chi connectivity index (χ4n) is 3.33. The molecule has 0 spiro atoms. The van der Waals surface area contributed by atoms with Crippen LogP contribution in [0.15, 0.2) is 54.3 Å².